The number of hydrogen-bond donors (Lipinski definition) is 1. The minimum absolute atomic E-state index is 0.0158. The Balaban J connectivity index is 2.03. The molecule has 1 aromatic rings. The fraction of sp³-hybridized carbons (Fsp3) is 0.688. The third-order valence-electron chi connectivity index (χ3n) is 4.48. The van der Waals surface area contributed by atoms with Gasteiger partial charge in [-0.3, -0.25) is 0 Å². The van der Waals surface area contributed by atoms with Gasteiger partial charge in [0.25, 0.3) is 0 Å². The molecule has 0 unspecified atom stereocenters. The van der Waals surface area contributed by atoms with E-state index in [2.05, 4.69) is 24.8 Å². The second-order valence-electron chi connectivity index (χ2n) is 6.50. The first-order valence-electron chi connectivity index (χ1n) is 7.69. The van der Waals surface area contributed by atoms with Crippen LogP contribution in [0.1, 0.15) is 43.5 Å². The van der Waals surface area contributed by atoms with Crippen molar-refractivity contribution in [2.75, 3.05) is 24.7 Å². The number of nitrogens with zero attached hydrogens (tertiary/aromatic N) is 2. The van der Waals surface area contributed by atoms with Crippen molar-refractivity contribution in [3.8, 4) is 0 Å². The van der Waals surface area contributed by atoms with Crippen LogP contribution in [0.4, 0.5) is 5.82 Å². The molecular formula is C16H25N3O. The van der Waals surface area contributed by atoms with E-state index in [0.29, 0.717) is 6.54 Å². The highest BCUT2D eigenvalue weighted by Gasteiger charge is 2.33. The number of hydrogen-bond acceptors (Lipinski definition) is 4. The monoisotopic (exact) mass is 275 g/mol. The van der Waals surface area contributed by atoms with Crippen LogP contribution in [0.5, 0.6) is 0 Å². The molecule has 0 amide bonds. The van der Waals surface area contributed by atoms with Gasteiger partial charge in [0.05, 0.1) is 18.8 Å². The first-order chi connectivity index (χ1) is 9.62. The summed E-state index contributed by atoms with van der Waals surface area (Å²) in [4.78, 5) is 7.38. The molecule has 1 saturated heterocycles. The van der Waals surface area contributed by atoms with Gasteiger partial charge in [0, 0.05) is 24.3 Å². The molecule has 0 bridgehead atoms. The van der Waals surface area contributed by atoms with Gasteiger partial charge in [-0.1, -0.05) is 0 Å². The lowest BCUT2D eigenvalue weighted by Crippen LogP contribution is -2.54. The molecule has 0 atom stereocenters. The van der Waals surface area contributed by atoms with Gasteiger partial charge >= 0.3 is 0 Å². The van der Waals surface area contributed by atoms with Crippen molar-refractivity contribution < 1.29 is 4.74 Å². The maximum absolute atomic E-state index is 5.98. The van der Waals surface area contributed by atoms with E-state index >= 15 is 0 Å². The number of aromatic nitrogens is 1. The van der Waals surface area contributed by atoms with Crippen molar-refractivity contribution in [3.63, 3.8) is 0 Å². The highest BCUT2D eigenvalue weighted by Crippen LogP contribution is 2.31. The minimum Gasteiger partial charge on any atom is -0.377 e. The molecule has 2 N–H and O–H groups in total. The molecule has 3 rings (SSSR count). The summed E-state index contributed by atoms with van der Waals surface area (Å²) >= 11 is 0. The highest BCUT2D eigenvalue weighted by atomic mass is 16.5. The summed E-state index contributed by atoms with van der Waals surface area (Å²) in [6, 6.07) is 2.29. The Hall–Kier alpha value is -1.13. The summed E-state index contributed by atoms with van der Waals surface area (Å²) in [6.07, 6.45) is 4.80. The summed E-state index contributed by atoms with van der Waals surface area (Å²) in [5.74, 6) is 1.08. The number of aryl methyl sites for hydroxylation is 2. The first-order valence-corrected chi connectivity index (χ1v) is 7.69. The van der Waals surface area contributed by atoms with Crippen LogP contribution in [0.3, 0.4) is 0 Å². The van der Waals surface area contributed by atoms with Crippen LogP contribution in [-0.2, 0) is 24.1 Å². The van der Waals surface area contributed by atoms with Crippen LogP contribution < -0.4 is 10.6 Å². The van der Waals surface area contributed by atoms with E-state index in [4.69, 9.17) is 15.5 Å². The number of ether oxygens (including phenoxy) is 1. The average Bonchev–Trinajstić information content (AvgIpc) is 2.45. The van der Waals surface area contributed by atoms with Gasteiger partial charge in [-0.15, -0.1) is 0 Å². The predicted octanol–water partition coefficient (Wildman–Crippen LogP) is 2.03. The van der Waals surface area contributed by atoms with Crippen molar-refractivity contribution in [1.29, 1.82) is 0 Å². The van der Waals surface area contributed by atoms with Gasteiger partial charge < -0.3 is 15.4 Å². The maximum Gasteiger partial charge on any atom is 0.133 e. The largest absolute Gasteiger partial charge is 0.377 e. The van der Waals surface area contributed by atoms with Crippen LogP contribution in [-0.4, -0.2) is 30.3 Å². The summed E-state index contributed by atoms with van der Waals surface area (Å²) in [7, 11) is 0. The topological polar surface area (TPSA) is 51.4 Å². The molecule has 1 aliphatic heterocycles. The fourth-order valence-corrected chi connectivity index (χ4v) is 3.31. The molecular weight excluding hydrogens is 250 g/mol. The molecule has 4 heteroatoms. The predicted molar refractivity (Wildman–Crippen MR) is 81.0 cm³/mol. The van der Waals surface area contributed by atoms with Crippen molar-refractivity contribution in [3.05, 3.63) is 22.9 Å². The Bertz CT molecular complexity index is 499. The third-order valence-corrected chi connectivity index (χ3v) is 4.48. The molecule has 1 aliphatic carbocycles. The van der Waals surface area contributed by atoms with Crippen molar-refractivity contribution >= 4 is 5.82 Å². The zero-order valence-electron chi connectivity index (χ0n) is 12.6. The lowest BCUT2D eigenvalue weighted by atomic mass is 9.93. The smallest absolute Gasteiger partial charge is 0.133 e. The zero-order chi connectivity index (χ0) is 14.2. The van der Waals surface area contributed by atoms with Gasteiger partial charge in [-0.25, -0.2) is 4.98 Å². The third kappa shape index (κ3) is 2.42. The number of fused-ring (bicyclic) bond motifs is 1. The Morgan fingerprint density at radius 2 is 2.15 bits per heavy atom. The normalized spacial score (nSPS) is 21.6. The van der Waals surface area contributed by atoms with Crippen LogP contribution in [0.2, 0.25) is 0 Å². The molecule has 1 aromatic heterocycles. The molecule has 0 radical (unpaired) electrons. The van der Waals surface area contributed by atoms with Crippen LogP contribution in [0, 0.1) is 0 Å². The second-order valence-corrected chi connectivity index (χ2v) is 6.50. The average molecular weight is 275 g/mol. The number of morpholine rings is 1. The lowest BCUT2D eigenvalue weighted by Gasteiger charge is -2.44. The van der Waals surface area contributed by atoms with E-state index in [1.165, 1.54) is 29.7 Å². The quantitative estimate of drug-likeness (QED) is 0.897. The van der Waals surface area contributed by atoms with E-state index in [0.717, 1.165) is 38.4 Å². The van der Waals surface area contributed by atoms with E-state index in [9.17, 15) is 0 Å². The molecule has 1 fully saturated rings. The summed E-state index contributed by atoms with van der Waals surface area (Å²) < 4.78 is 5.62. The van der Waals surface area contributed by atoms with Gasteiger partial charge in [0.2, 0.25) is 0 Å². The fourth-order valence-electron chi connectivity index (χ4n) is 3.31. The van der Waals surface area contributed by atoms with E-state index in [1.54, 1.807) is 0 Å². The Labute approximate surface area is 121 Å². The van der Waals surface area contributed by atoms with E-state index < -0.39 is 0 Å². The lowest BCUT2D eigenvalue weighted by molar-refractivity contribution is 0.0638. The van der Waals surface area contributed by atoms with Crippen LogP contribution in [0.15, 0.2) is 6.07 Å². The Morgan fingerprint density at radius 1 is 1.35 bits per heavy atom. The van der Waals surface area contributed by atoms with E-state index in [1.807, 2.05) is 0 Å². The molecule has 2 heterocycles. The van der Waals surface area contributed by atoms with E-state index in [-0.39, 0.29) is 5.54 Å². The molecule has 20 heavy (non-hydrogen) atoms. The SMILES string of the molecule is CC1(C)COCCN1c1nc2c(cc1CN)CCCC2. The van der Waals surface area contributed by atoms with Gasteiger partial charge in [-0.2, -0.15) is 0 Å². The van der Waals surface area contributed by atoms with Crippen LogP contribution in [0.25, 0.3) is 0 Å². The standard InChI is InChI=1S/C16H25N3O/c1-16(2)11-20-8-7-19(16)15-13(10-17)9-12-5-3-4-6-14(12)18-15/h9H,3-8,10-11,17H2,1-2H3. The minimum atomic E-state index is -0.0158. The molecule has 0 aromatic carbocycles. The number of nitrogens with two attached hydrogens (primary N) is 1. The molecule has 0 spiro atoms. The van der Waals surface area contributed by atoms with Gasteiger partial charge in [0.15, 0.2) is 0 Å². The zero-order valence-corrected chi connectivity index (χ0v) is 12.6. The highest BCUT2D eigenvalue weighted by molar-refractivity contribution is 5.52. The molecule has 2 aliphatic rings. The maximum atomic E-state index is 5.98. The summed E-state index contributed by atoms with van der Waals surface area (Å²) in [5.41, 5.74) is 9.84. The van der Waals surface area contributed by atoms with Crippen molar-refractivity contribution in [1.82, 2.24) is 4.98 Å². The molecule has 110 valence electrons. The van der Waals surface area contributed by atoms with Gasteiger partial charge in [0.1, 0.15) is 5.82 Å². The first kappa shape index (κ1) is 13.8. The Kier molecular flexibility index (Phi) is 3.69. The Morgan fingerprint density at radius 3 is 2.90 bits per heavy atom. The number of rotatable bonds is 2. The molecule has 0 saturated carbocycles. The molecule has 4 nitrogen and oxygen atoms in total. The van der Waals surface area contributed by atoms with Crippen molar-refractivity contribution in [2.45, 2.75) is 51.6 Å². The van der Waals surface area contributed by atoms with Crippen molar-refractivity contribution in [2.24, 2.45) is 5.73 Å². The number of pyridine rings is 1. The summed E-state index contributed by atoms with van der Waals surface area (Å²) in [6.45, 7) is 7.40. The van der Waals surface area contributed by atoms with Crippen LogP contribution >= 0.6 is 0 Å². The number of anilines is 1. The van der Waals surface area contributed by atoms with Gasteiger partial charge in [-0.05, 0) is 51.2 Å². The summed E-state index contributed by atoms with van der Waals surface area (Å²) in [5, 5.41) is 0. The second kappa shape index (κ2) is 5.34.